The summed E-state index contributed by atoms with van der Waals surface area (Å²) in [4.78, 5) is 22.5. The Kier molecular flexibility index (Phi) is 6.49. The Morgan fingerprint density at radius 2 is 2.14 bits per heavy atom. The fourth-order valence-electron chi connectivity index (χ4n) is 2.43. The van der Waals surface area contributed by atoms with Crippen molar-refractivity contribution in [1.82, 2.24) is 5.32 Å². The number of nitro benzene ring substituents is 1. The van der Waals surface area contributed by atoms with Gasteiger partial charge in [0.2, 0.25) is 5.91 Å². The number of nitrogens with two attached hydrogens (primary N) is 1. The third kappa shape index (κ3) is 5.38. The summed E-state index contributed by atoms with van der Waals surface area (Å²) in [6.07, 6.45) is 0.933. The van der Waals surface area contributed by atoms with Crippen LogP contribution in [-0.2, 0) is 11.2 Å². The summed E-state index contributed by atoms with van der Waals surface area (Å²) in [5.74, 6) is 0.267. The van der Waals surface area contributed by atoms with Gasteiger partial charge in [0, 0.05) is 28.7 Å². The molecule has 0 aliphatic heterocycles. The van der Waals surface area contributed by atoms with Gasteiger partial charge in [-0.05, 0) is 24.8 Å². The maximum Gasteiger partial charge on any atom is 0.270 e. The summed E-state index contributed by atoms with van der Waals surface area (Å²) in [5, 5.41) is 13.7. The van der Waals surface area contributed by atoms with Gasteiger partial charge in [0.1, 0.15) is 0 Å². The SMILES string of the molecule is CC(C)CC(C)(CN)NC(=O)Cc1ccc([N+](=O)[O-])cc1Br. The molecule has 0 aliphatic carbocycles. The fourth-order valence-corrected chi connectivity index (χ4v) is 2.94. The van der Waals surface area contributed by atoms with E-state index in [-0.39, 0.29) is 18.0 Å². The lowest BCUT2D eigenvalue weighted by Crippen LogP contribution is -2.52. The monoisotopic (exact) mass is 371 g/mol. The van der Waals surface area contributed by atoms with Crippen molar-refractivity contribution >= 4 is 27.5 Å². The normalized spacial score (nSPS) is 13.7. The molecule has 0 aromatic heterocycles. The molecule has 1 rings (SSSR count). The van der Waals surface area contributed by atoms with Crippen LogP contribution < -0.4 is 11.1 Å². The molecule has 7 heteroatoms. The summed E-state index contributed by atoms with van der Waals surface area (Å²) in [5.41, 5.74) is 6.02. The van der Waals surface area contributed by atoms with Gasteiger partial charge in [-0.2, -0.15) is 0 Å². The van der Waals surface area contributed by atoms with Crippen molar-refractivity contribution in [3.63, 3.8) is 0 Å². The minimum atomic E-state index is -0.470. The third-order valence-electron chi connectivity index (χ3n) is 3.35. The number of carbonyl (C=O) groups excluding carboxylic acids is 1. The molecular formula is C15H22BrN3O3. The highest BCUT2D eigenvalue weighted by Crippen LogP contribution is 2.24. The number of hydrogen-bond acceptors (Lipinski definition) is 4. The number of nitro groups is 1. The largest absolute Gasteiger partial charge is 0.349 e. The smallest absolute Gasteiger partial charge is 0.270 e. The van der Waals surface area contributed by atoms with E-state index in [0.717, 1.165) is 6.42 Å². The number of nitrogens with zero attached hydrogens (tertiary/aromatic N) is 1. The molecule has 1 aromatic rings. The Balaban J connectivity index is 2.78. The molecule has 1 unspecified atom stereocenters. The van der Waals surface area contributed by atoms with Gasteiger partial charge < -0.3 is 11.1 Å². The molecule has 0 heterocycles. The topological polar surface area (TPSA) is 98.3 Å². The minimum absolute atomic E-state index is 0.0114. The molecule has 3 N–H and O–H groups in total. The number of non-ortho nitro benzene ring substituents is 1. The second-order valence-electron chi connectivity index (χ2n) is 6.12. The number of amides is 1. The number of halogens is 1. The average Bonchev–Trinajstić information content (AvgIpc) is 2.39. The summed E-state index contributed by atoms with van der Waals surface area (Å²) in [7, 11) is 0. The summed E-state index contributed by atoms with van der Waals surface area (Å²) >= 11 is 3.27. The standard InChI is InChI=1S/C15H22BrN3O3/c1-10(2)8-15(3,9-17)18-14(20)6-11-4-5-12(19(21)22)7-13(11)16/h4-5,7,10H,6,8-9,17H2,1-3H3,(H,18,20). The van der Waals surface area contributed by atoms with Gasteiger partial charge in [-0.3, -0.25) is 14.9 Å². The van der Waals surface area contributed by atoms with Crippen molar-refractivity contribution in [2.45, 2.75) is 39.2 Å². The molecule has 0 saturated heterocycles. The molecule has 1 aromatic carbocycles. The van der Waals surface area contributed by atoms with E-state index in [9.17, 15) is 14.9 Å². The van der Waals surface area contributed by atoms with E-state index in [1.165, 1.54) is 12.1 Å². The molecule has 6 nitrogen and oxygen atoms in total. The predicted octanol–water partition coefficient (Wildman–Crippen LogP) is 2.78. The van der Waals surface area contributed by atoms with Crippen LogP contribution in [0, 0.1) is 16.0 Å². The van der Waals surface area contributed by atoms with E-state index in [2.05, 4.69) is 35.1 Å². The van der Waals surface area contributed by atoms with E-state index < -0.39 is 10.5 Å². The lowest BCUT2D eigenvalue weighted by Gasteiger charge is -2.31. The zero-order chi connectivity index (χ0) is 16.9. The molecule has 0 aliphatic rings. The Labute approximate surface area is 138 Å². The first-order valence-corrected chi connectivity index (χ1v) is 7.90. The quantitative estimate of drug-likeness (QED) is 0.568. The molecular weight excluding hydrogens is 350 g/mol. The molecule has 0 radical (unpaired) electrons. The van der Waals surface area contributed by atoms with E-state index >= 15 is 0 Å². The Bertz CT molecular complexity index is 563. The number of nitrogens with one attached hydrogen (secondary N) is 1. The van der Waals surface area contributed by atoms with Crippen molar-refractivity contribution in [1.29, 1.82) is 0 Å². The Morgan fingerprint density at radius 1 is 1.50 bits per heavy atom. The van der Waals surface area contributed by atoms with Crippen LogP contribution in [0.25, 0.3) is 0 Å². The zero-order valence-electron chi connectivity index (χ0n) is 13.1. The van der Waals surface area contributed by atoms with Crippen LogP contribution in [0.5, 0.6) is 0 Å². The lowest BCUT2D eigenvalue weighted by atomic mass is 9.90. The predicted molar refractivity (Wildman–Crippen MR) is 89.6 cm³/mol. The van der Waals surface area contributed by atoms with E-state index in [1.807, 2.05) is 6.92 Å². The van der Waals surface area contributed by atoms with Crippen LogP contribution in [0.15, 0.2) is 22.7 Å². The van der Waals surface area contributed by atoms with Crippen LogP contribution in [0.4, 0.5) is 5.69 Å². The molecule has 1 amide bonds. The molecule has 22 heavy (non-hydrogen) atoms. The number of carbonyl (C=O) groups is 1. The summed E-state index contributed by atoms with van der Waals surface area (Å²) in [6.45, 7) is 6.44. The average molecular weight is 372 g/mol. The highest BCUT2D eigenvalue weighted by atomic mass is 79.9. The van der Waals surface area contributed by atoms with E-state index in [1.54, 1.807) is 6.07 Å². The van der Waals surface area contributed by atoms with Crippen LogP contribution in [-0.4, -0.2) is 22.9 Å². The van der Waals surface area contributed by atoms with Crippen molar-refractivity contribution < 1.29 is 9.72 Å². The molecule has 0 bridgehead atoms. The first kappa shape index (κ1) is 18.6. The maximum atomic E-state index is 12.2. The second kappa shape index (κ2) is 7.69. The first-order valence-electron chi connectivity index (χ1n) is 7.11. The van der Waals surface area contributed by atoms with Gasteiger partial charge >= 0.3 is 0 Å². The van der Waals surface area contributed by atoms with E-state index in [0.29, 0.717) is 22.5 Å². The highest BCUT2D eigenvalue weighted by molar-refractivity contribution is 9.10. The van der Waals surface area contributed by atoms with Gasteiger partial charge in [0.25, 0.3) is 5.69 Å². The number of benzene rings is 1. The van der Waals surface area contributed by atoms with Crippen molar-refractivity contribution in [3.05, 3.63) is 38.3 Å². The van der Waals surface area contributed by atoms with Gasteiger partial charge in [-0.1, -0.05) is 35.8 Å². The van der Waals surface area contributed by atoms with Crippen LogP contribution in [0.1, 0.15) is 32.8 Å². The van der Waals surface area contributed by atoms with Crippen LogP contribution in [0.2, 0.25) is 0 Å². The fraction of sp³-hybridized carbons (Fsp3) is 0.533. The first-order chi connectivity index (χ1) is 10.2. The third-order valence-corrected chi connectivity index (χ3v) is 4.09. The van der Waals surface area contributed by atoms with Crippen molar-refractivity contribution in [2.75, 3.05) is 6.54 Å². The zero-order valence-corrected chi connectivity index (χ0v) is 14.6. The van der Waals surface area contributed by atoms with Gasteiger partial charge in [-0.15, -0.1) is 0 Å². The number of hydrogen-bond donors (Lipinski definition) is 2. The van der Waals surface area contributed by atoms with Gasteiger partial charge in [-0.25, -0.2) is 0 Å². The molecule has 0 fully saturated rings. The molecule has 0 saturated carbocycles. The lowest BCUT2D eigenvalue weighted by molar-refractivity contribution is -0.384. The Morgan fingerprint density at radius 3 is 2.59 bits per heavy atom. The maximum absolute atomic E-state index is 12.2. The van der Waals surface area contributed by atoms with Gasteiger partial charge in [0.05, 0.1) is 11.3 Å². The highest BCUT2D eigenvalue weighted by Gasteiger charge is 2.26. The van der Waals surface area contributed by atoms with Crippen LogP contribution >= 0.6 is 15.9 Å². The molecule has 122 valence electrons. The van der Waals surface area contributed by atoms with Gasteiger partial charge in [0.15, 0.2) is 0 Å². The van der Waals surface area contributed by atoms with Crippen molar-refractivity contribution in [2.24, 2.45) is 11.7 Å². The second-order valence-corrected chi connectivity index (χ2v) is 6.97. The van der Waals surface area contributed by atoms with Crippen molar-refractivity contribution in [3.8, 4) is 0 Å². The summed E-state index contributed by atoms with van der Waals surface area (Å²) < 4.78 is 0.551. The summed E-state index contributed by atoms with van der Waals surface area (Å²) in [6, 6.07) is 4.38. The number of rotatable bonds is 7. The minimum Gasteiger partial charge on any atom is -0.349 e. The molecule has 0 spiro atoms. The molecule has 1 atom stereocenters. The van der Waals surface area contributed by atoms with E-state index in [4.69, 9.17) is 5.73 Å². The van der Waals surface area contributed by atoms with Crippen LogP contribution in [0.3, 0.4) is 0 Å². The Hall–Kier alpha value is -1.47.